The van der Waals surface area contributed by atoms with Gasteiger partial charge in [0, 0.05) is 19.5 Å². The van der Waals surface area contributed by atoms with Crippen LogP contribution in [0.25, 0.3) is 0 Å². The molecule has 0 aromatic carbocycles. The summed E-state index contributed by atoms with van der Waals surface area (Å²) < 4.78 is 0. The van der Waals surface area contributed by atoms with Crippen LogP contribution in [0.2, 0.25) is 0 Å². The van der Waals surface area contributed by atoms with Crippen molar-refractivity contribution in [1.29, 1.82) is 0 Å². The van der Waals surface area contributed by atoms with Gasteiger partial charge in [0.05, 0.1) is 0 Å². The van der Waals surface area contributed by atoms with Gasteiger partial charge in [-0.25, -0.2) is 0 Å². The minimum atomic E-state index is 0.0368. The highest BCUT2D eigenvalue weighted by Crippen LogP contribution is 1.98. The van der Waals surface area contributed by atoms with Crippen molar-refractivity contribution < 1.29 is 4.79 Å². The topological polar surface area (TPSA) is 32.3 Å². The van der Waals surface area contributed by atoms with Crippen LogP contribution in [0.1, 0.15) is 13.3 Å². The molecular weight excluding hydrogens is 148 g/mol. The summed E-state index contributed by atoms with van der Waals surface area (Å²) in [6.45, 7) is 3.66. The molecule has 10 heavy (non-hydrogen) atoms. The molecule has 0 unspecified atom stereocenters. The van der Waals surface area contributed by atoms with Gasteiger partial charge in [-0.2, -0.15) is 0 Å². The molecule has 0 radical (unpaired) electrons. The molecule has 1 amide bonds. The van der Waals surface area contributed by atoms with Gasteiger partial charge in [0.1, 0.15) is 0 Å². The maximum atomic E-state index is 10.7. The first kappa shape index (κ1) is 7.47. The van der Waals surface area contributed by atoms with Gasteiger partial charge in [0.15, 0.2) is 5.11 Å². The summed E-state index contributed by atoms with van der Waals surface area (Å²) in [6.07, 6.45) is 0.563. The van der Waals surface area contributed by atoms with Crippen LogP contribution in [-0.4, -0.2) is 29.0 Å². The van der Waals surface area contributed by atoms with Gasteiger partial charge >= 0.3 is 0 Å². The number of thiocarbonyl (C=S) groups is 1. The van der Waals surface area contributed by atoms with Crippen LogP contribution in [-0.2, 0) is 4.79 Å². The lowest BCUT2D eigenvalue weighted by Crippen LogP contribution is -2.48. The van der Waals surface area contributed by atoms with Crippen LogP contribution in [0.15, 0.2) is 0 Å². The molecule has 0 aromatic heterocycles. The van der Waals surface area contributed by atoms with Crippen LogP contribution in [0, 0.1) is 0 Å². The van der Waals surface area contributed by atoms with E-state index in [1.165, 1.54) is 0 Å². The van der Waals surface area contributed by atoms with E-state index in [2.05, 4.69) is 5.32 Å². The summed E-state index contributed by atoms with van der Waals surface area (Å²) >= 11 is 4.90. The molecular formula is C6H10N2OS. The Morgan fingerprint density at radius 2 is 2.50 bits per heavy atom. The molecule has 1 aliphatic heterocycles. The third-order valence-corrected chi connectivity index (χ3v) is 1.88. The number of nitrogens with zero attached hydrogens (tertiary/aromatic N) is 1. The zero-order chi connectivity index (χ0) is 7.56. The number of nitrogens with one attached hydrogen (secondary N) is 1. The Labute approximate surface area is 65.4 Å². The van der Waals surface area contributed by atoms with Crippen LogP contribution in [0.4, 0.5) is 0 Å². The third kappa shape index (κ3) is 1.44. The van der Waals surface area contributed by atoms with E-state index in [1.54, 1.807) is 0 Å². The molecule has 1 aliphatic rings. The molecule has 1 saturated heterocycles. The van der Waals surface area contributed by atoms with Gasteiger partial charge in [-0.05, 0) is 19.1 Å². The summed E-state index contributed by atoms with van der Waals surface area (Å²) in [6, 6.07) is 0. The number of amides is 1. The van der Waals surface area contributed by atoms with E-state index in [1.807, 2.05) is 11.8 Å². The largest absolute Gasteiger partial charge is 0.349 e. The number of rotatable bonds is 1. The van der Waals surface area contributed by atoms with E-state index < -0.39 is 0 Å². The molecule has 1 heterocycles. The molecule has 56 valence electrons. The van der Waals surface area contributed by atoms with Crippen molar-refractivity contribution in [2.45, 2.75) is 13.3 Å². The van der Waals surface area contributed by atoms with Gasteiger partial charge in [-0.3, -0.25) is 4.79 Å². The Kier molecular flexibility index (Phi) is 2.21. The lowest BCUT2D eigenvalue weighted by Gasteiger charge is -2.27. The van der Waals surface area contributed by atoms with E-state index in [0.29, 0.717) is 11.5 Å². The van der Waals surface area contributed by atoms with E-state index in [-0.39, 0.29) is 5.91 Å². The molecule has 3 nitrogen and oxygen atoms in total. The second-order valence-electron chi connectivity index (χ2n) is 2.18. The maximum Gasteiger partial charge on any atom is 0.227 e. The number of carbonyl (C=O) groups is 1. The second-order valence-corrected chi connectivity index (χ2v) is 2.57. The van der Waals surface area contributed by atoms with Crippen LogP contribution < -0.4 is 5.32 Å². The molecule has 0 bridgehead atoms. The van der Waals surface area contributed by atoms with Crippen molar-refractivity contribution in [3.8, 4) is 0 Å². The Hall–Kier alpha value is -0.640. The van der Waals surface area contributed by atoms with E-state index in [4.69, 9.17) is 12.2 Å². The fourth-order valence-corrected chi connectivity index (χ4v) is 1.23. The first-order valence-corrected chi connectivity index (χ1v) is 3.73. The number of carbonyl (C=O) groups excluding carboxylic acids is 1. The lowest BCUT2D eigenvalue weighted by atomic mass is 10.3. The van der Waals surface area contributed by atoms with Crippen LogP contribution in [0.5, 0.6) is 0 Å². The van der Waals surface area contributed by atoms with E-state index in [9.17, 15) is 4.79 Å². The molecule has 0 aliphatic carbocycles. The second kappa shape index (κ2) is 2.96. The fraction of sp³-hybridized carbons (Fsp3) is 0.667. The predicted octanol–water partition coefficient (Wildman–Crippen LogP) is 0.113. The fourth-order valence-electron chi connectivity index (χ4n) is 0.901. The molecule has 0 spiro atoms. The SMILES string of the molecule is CCN1CCC(=O)NC1=S. The molecule has 1 fully saturated rings. The third-order valence-electron chi connectivity index (χ3n) is 1.52. The highest BCUT2D eigenvalue weighted by Gasteiger charge is 2.17. The molecule has 1 N–H and O–H groups in total. The van der Waals surface area contributed by atoms with Gasteiger partial charge in [0.25, 0.3) is 0 Å². The maximum absolute atomic E-state index is 10.7. The average Bonchev–Trinajstić information content (AvgIpc) is 1.88. The Balaban J connectivity index is 2.51. The standard InChI is InChI=1S/C6H10N2OS/c1-2-8-4-3-5(9)7-6(8)10/h2-4H2,1H3,(H,7,9,10). The van der Waals surface area contributed by atoms with E-state index >= 15 is 0 Å². The van der Waals surface area contributed by atoms with Crippen LogP contribution in [0.3, 0.4) is 0 Å². The van der Waals surface area contributed by atoms with Gasteiger partial charge in [-0.15, -0.1) is 0 Å². The summed E-state index contributed by atoms with van der Waals surface area (Å²) in [5.41, 5.74) is 0. The van der Waals surface area contributed by atoms with Gasteiger partial charge in [0.2, 0.25) is 5.91 Å². The molecule has 0 aromatic rings. The van der Waals surface area contributed by atoms with Crippen molar-refractivity contribution in [2.24, 2.45) is 0 Å². The number of hydrogen-bond donors (Lipinski definition) is 1. The minimum Gasteiger partial charge on any atom is -0.349 e. The monoisotopic (exact) mass is 158 g/mol. The Morgan fingerprint density at radius 1 is 1.80 bits per heavy atom. The zero-order valence-electron chi connectivity index (χ0n) is 5.89. The minimum absolute atomic E-state index is 0.0368. The van der Waals surface area contributed by atoms with Crippen molar-refractivity contribution in [3.63, 3.8) is 0 Å². The van der Waals surface area contributed by atoms with Gasteiger partial charge < -0.3 is 10.2 Å². The van der Waals surface area contributed by atoms with E-state index in [0.717, 1.165) is 13.1 Å². The summed E-state index contributed by atoms with van der Waals surface area (Å²) in [5, 5.41) is 3.17. The Morgan fingerprint density at radius 3 is 3.00 bits per heavy atom. The molecule has 4 heteroatoms. The number of hydrogen-bond acceptors (Lipinski definition) is 2. The summed E-state index contributed by atoms with van der Waals surface area (Å²) in [4.78, 5) is 12.7. The highest BCUT2D eigenvalue weighted by molar-refractivity contribution is 7.80. The molecule has 0 saturated carbocycles. The molecule has 1 rings (SSSR count). The normalized spacial score (nSPS) is 19.1. The first-order valence-electron chi connectivity index (χ1n) is 3.32. The summed E-state index contributed by atoms with van der Waals surface area (Å²) in [7, 11) is 0. The predicted molar refractivity (Wildman–Crippen MR) is 42.6 cm³/mol. The average molecular weight is 158 g/mol. The molecule has 0 atom stereocenters. The first-order chi connectivity index (χ1) is 4.74. The quantitative estimate of drug-likeness (QED) is 0.550. The highest BCUT2D eigenvalue weighted by atomic mass is 32.1. The lowest BCUT2D eigenvalue weighted by molar-refractivity contribution is -0.120. The van der Waals surface area contributed by atoms with Crippen molar-refractivity contribution in [1.82, 2.24) is 10.2 Å². The summed E-state index contributed by atoms with van der Waals surface area (Å²) in [5.74, 6) is 0.0368. The van der Waals surface area contributed by atoms with Crippen molar-refractivity contribution in [2.75, 3.05) is 13.1 Å². The van der Waals surface area contributed by atoms with Crippen LogP contribution >= 0.6 is 12.2 Å². The zero-order valence-corrected chi connectivity index (χ0v) is 6.70. The smallest absolute Gasteiger partial charge is 0.227 e. The van der Waals surface area contributed by atoms with Crippen molar-refractivity contribution in [3.05, 3.63) is 0 Å². The van der Waals surface area contributed by atoms with Crippen molar-refractivity contribution >= 4 is 23.2 Å². The van der Waals surface area contributed by atoms with Gasteiger partial charge in [-0.1, -0.05) is 0 Å². The Bertz CT molecular complexity index is 169.